The maximum atomic E-state index is 12.3. The smallest absolute Gasteiger partial charge is 0.320 e. The fourth-order valence-corrected chi connectivity index (χ4v) is 2.60. The van der Waals surface area contributed by atoms with E-state index in [1.165, 1.54) is 0 Å². The molecule has 18 heavy (non-hydrogen) atoms. The molecular weight excluding hydrogens is 236 g/mol. The summed E-state index contributed by atoms with van der Waals surface area (Å²) in [6, 6.07) is -0.171. The number of hydrogen-bond donors (Lipinski definition) is 1. The van der Waals surface area contributed by atoms with Gasteiger partial charge in [0.15, 0.2) is 0 Å². The lowest BCUT2D eigenvalue weighted by Crippen LogP contribution is -2.53. The second-order valence-electron chi connectivity index (χ2n) is 4.82. The van der Waals surface area contributed by atoms with Gasteiger partial charge in [0.1, 0.15) is 0 Å². The highest BCUT2D eigenvalue weighted by Gasteiger charge is 2.31. The van der Waals surface area contributed by atoms with Crippen molar-refractivity contribution in [1.82, 2.24) is 9.80 Å². The van der Waals surface area contributed by atoms with Crippen LogP contribution in [0.3, 0.4) is 0 Å². The van der Waals surface area contributed by atoms with Crippen molar-refractivity contribution in [1.29, 1.82) is 0 Å². The Hall–Kier alpha value is -1.30. The zero-order chi connectivity index (χ0) is 13.0. The van der Waals surface area contributed by atoms with Gasteiger partial charge >= 0.3 is 12.0 Å². The van der Waals surface area contributed by atoms with Gasteiger partial charge in [0.2, 0.25) is 0 Å². The lowest BCUT2D eigenvalue weighted by molar-refractivity contribution is -0.138. The maximum Gasteiger partial charge on any atom is 0.320 e. The number of ether oxygens (including phenoxy) is 1. The fourth-order valence-electron chi connectivity index (χ4n) is 2.60. The molecule has 0 aromatic rings. The van der Waals surface area contributed by atoms with Crippen LogP contribution in [0.25, 0.3) is 0 Å². The van der Waals surface area contributed by atoms with Crippen LogP contribution in [0.1, 0.15) is 25.7 Å². The monoisotopic (exact) mass is 256 g/mol. The van der Waals surface area contributed by atoms with E-state index in [0.29, 0.717) is 32.8 Å². The Bertz CT molecular complexity index is 315. The number of aliphatic carboxylic acids is 1. The highest BCUT2D eigenvalue weighted by atomic mass is 16.5. The molecule has 0 aliphatic carbocycles. The molecule has 0 bridgehead atoms. The van der Waals surface area contributed by atoms with Crippen molar-refractivity contribution in [2.24, 2.45) is 0 Å². The van der Waals surface area contributed by atoms with Crippen LogP contribution < -0.4 is 0 Å². The average molecular weight is 256 g/mol. The van der Waals surface area contributed by atoms with Gasteiger partial charge in [-0.3, -0.25) is 4.79 Å². The summed E-state index contributed by atoms with van der Waals surface area (Å²) in [6.07, 6.45) is 2.81. The van der Waals surface area contributed by atoms with Crippen LogP contribution in [0.15, 0.2) is 0 Å². The average Bonchev–Trinajstić information content (AvgIpc) is 2.39. The SMILES string of the molecule is O=C(O)CC1CCCCN1C(=O)N1CCOCC1. The molecule has 2 aliphatic heterocycles. The van der Waals surface area contributed by atoms with E-state index in [1.54, 1.807) is 9.80 Å². The van der Waals surface area contributed by atoms with Crippen molar-refractivity contribution in [3.63, 3.8) is 0 Å². The van der Waals surface area contributed by atoms with Crippen LogP contribution in [0.2, 0.25) is 0 Å². The number of morpholine rings is 1. The zero-order valence-electron chi connectivity index (χ0n) is 10.5. The quantitative estimate of drug-likeness (QED) is 0.792. The minimum atomic E-state index is -0.832. The van der Waals surface area contributed by atoms with E-state index in [4.69, 9.17) is 9.84 Å². The number of likely N-dealkylation sites (tertiary alicyclic amines) is 1. The number of carbonyl (C=O) groups is 2. The molecule has 2 rings (SSSR count). The highest BCUT2D eigenvalue weighted by molar-refractivity contribution is 5.76. The highest BCUT2D eigenvalue weighted by Crippen LogP contribution is 2.21. The summed E-state index contributed by atoms with van der Waals surface area (Å²) in [7, 11) is 0. The van der Waals surface area contributed by atoms with E-state index in [0.717, 1.165) is 19.3 Å². The molecule has 6 heteroatoms. The van der Waals surface area contributed by atoms with Crippen molar-refractivity contribution in [3.8, 4) is 0 Å². The molecule has 1 N–H and O–H groups in total. The van der Waals surface area contributed by atoms with Gasteiger partial charge in [-0.2, -0.15) is 0 Å². The maximum absolute atomic E-state index is 12.3. The third-order valence-corrected chi connectivity index (χ3v) is 3.56. The first kappa shape index (κ1) is 13.1. The topological polar surface area (TPSA) is 70.1 Å². The molecule has 2 heterocycles. The minimum Gasteiger partial charge on any atom is -0.481 e. The molecule has 2 aliphatic rings. The first-order valence-electron chi connectivity index (χ1n) is 6.53. The third kappa shape index (κ3) is 3.13. The fraction of sp³-hybridized carbons (Fsp3) is 0.833. The van der Waals surface area contributed by atoms with Gasteiger partial charge < -0.3 is 19.6 Å². The Kier molecular flexibility index (Phi) is 4.41. The predicted molar refractivity (Wildman–Crippen MR) is 64.4 cm³/mol. The first-order valence-corrected chi connectivity index (χ1v) is 6.53. The Morgan fingerprint density at radius 3 is 2.56 bits per heavy atom. The van der Waals surface area contributed by atoms with Crippen LogP contribution in [-0.4, -0.2) is 65.8 Å². The largest absolute Gasteiger partial charge is 0.481 e. The van der Waals surface area contributed by atoms with Crippen LogP contribution in [0.5, 0.6) is 0 Å². The van der Waals surface area contributed by atoms with Crippen molar-refractivity contribution in [2.75, 3.05) is 32.8 Å². The molecule has 2 amide bonds. The molecule has 2 saturated heterocycles. The molecule has 0 saturated carbocycles. The number of carbonyl (C=O) groups excluding carboxylic acids is 1. The standard InChI is InChI=1S/C12H20N2O4/c15-11(16)9-10-3-1-2-4-14(10)12(17)13-5-7-18-8-6-13/h10H,1-9H2,(H,15,16). The number of nitrogens with zero attached hydrogens (tertiary/aromatic N) is 2. The number of carboxylic acids is 1. The summed E-state index contributed by atoms with van der Waals surface area (Å²) in [4.78, 5) is 26.7. The normalized spacial score (nSPS) is 25.0. The van der Waals surface area contributed by atoms with Crippen LogP contribution in [0, 0.1) is 0 Å². The van der Waals surface area contributed by atoms with Gasteiger partial charge in [-0.15, -0.1) is 0 Å². The number of piperidine rings is 1. The number of hydrogen-bond acceptors (Lipinski definition) is 3. The van der Waals surface area contributed by atoms with Crippen molar-refractivity contribution < 1.29 is 19.4 Å². The molecule has 6 nitrogen and oxygen atoms in total. The molecule has 0 radical (unpaired) electrons. The van der Waals surface area contributed by atoms with Crippen LogP contribution in [0.4, 0.5) is 4.79 Å². The molecule has 0 aromatic heterocycles. The van der Waals surface area contributed by atoms with Crippen molar-refractivity contribution in [3.05, 3.63) is 0 Å². The number of rotatable bonds is 2. The second-order valence-corrected chi connectivity index (χ2v) is 4.82. The molecule has 1 atom stereocenters. The minimum absolute atomic E-state index is 0.0238. The van der Waals surface area contributed by atoms with Gasteiger partial charge in [0, 0.05) is 25.7 Å². The molecule has 2 fully saturated rings. The van der Waals surface area contributed by atoms with Crippen molar-refractivity contribution in [2.45, 2.75) is 31.7 Å². The summed E-state index contributed by atoms with van der Waals surface area (Å²) >= 11 is 0. The van der Waals surface area contributed by atoms with Gasteiger partial charge in [-0.1, -0.05) is 0 Å². The number of carboxylic acid groups (broad SMARTS) is 1. The summed E-state index contributed by atoms with van der Waals surface area (Å²) in [5.41, 5.74) is 0. The summed E-state index contributed by atoms with van der Waals surface area (Å²) < 4.78 is 5.22. The Morgan fingerprint density at radius 1 is 1.17 bits per heavy atom. The second kappa shape index (κ2) is 6.04. The van der Waals surface area contributed by atoms with Gasteiger partial charge in [-0.25, -0.2) is 4.79 Å². The van der Waals surface area contributed by atoms with Gasteiger partial charge in [0.25, 0.3) is 0 Å². The van der Waals surface area contributed by atoms with Crippen LogP contribution in [-0.2, 0) is 9.53 Å². The Labute approximate surface area is 106 Å². The van der Waals surface area contributed by atoms with E-state index in [9.17, 15) is 9.59 Å². The Balaban J connectivity index is 1.98. The van der Waals surface area contributed by atoms with Gasteiger partial charge in [0.05, 0.1) is 19.6 Å². The molecule has 0 spiro atoms. The van der Waals surface area contributed by atoms with E-state index in [-0.39, 0.29) is 18.5 Å². The third-order valence-electron chi connectivity index (χ3n) is 3.56. The number of amides is 2. The Morgan fingerprint density at radius 2 is 1.89 bits per heavy atom. The first-order chi connectivity index (χ1) is 8.68. The molecule has 1 unspecified atom stereocenters. The zero-order valence-corrected chi connectivity index (χ0v) is 10.5. The molecule has 0 aromatic carbocycles. The molecule has 102 valence electrons. The van der Waals surface area contributed by atoms with E-state index in [1.807, 2.05) is 0 Å². The summed E-state index contributed by atoms with van der Waals surface area (Å²) in [5, 5.41) is 8.90. The van der Waals surface area contributed by atoms with Crippen LogP contribution >= 0.6 is 0 Å². The predicted octanol–water partition coefficient (Wildman–Crippen LogP) is 0.768. The van der Waals surface area contributed by atoms with E-state index >= 15 is 0 Å². The summed E-state index contributed by atoms with van der Waals surface area (Å²) in [5.74, 6) is -0.832. The van der Waals surface area contributed by atoms with Gasteiger partial charge in [-0.05, 0) is 19.3 Å². The lowest BCUT2D eigenvalue weighted by atomic mass is 10.00. The summed E-state index contributed by atoms with van der Waals surface area (Å²) in [6.45, 7) is 3.03. The van der Waals surface area contributed by atoms with Crippen molar-refractivity contribution >= 4 is 12.0 Å². The number of urea groups is 1. The molecular formula is C12H20N2O4. The lowest BCUT2D eigenvalue weighted by Gasteiger charge is -2.39. The van der Waals surface area contributed by atoms with E-state index < -0.39 is 5.97 Å². The van der Waals surface area contributed by atoms with E-state index in [2.05, 4.69) is 0 Å².